The second-order valence-electron chi connectivity index (χ2n) is 7.99. The molecule has 0 spiro atoms. The van der Waals surface area contributed by atoms with Crippen molar-refractivity contribution in [3.63, 3.8) is 0 Å². The van der Waals surface area contributed by atoms with Gasteiger partial charge in [-0.1, -0.05) is 31.2 Å². The monoisotopic (exact) mass is 330 g/mol. The quantitative estimate of drug-likeness (QED) is 0.880. The lowest BCUT2D eigenvalue weighted by atomic mass is 9.98. The summed E-state index contributed by atoms with van der Waals surface area (Å²) in [5.41, 5.74) is 2.89. The number of hydrogen-bond acceptors (Lipinski definition) is 4. The van der Waals surface area contributed by atoms with E-state index in [0.29, 0.717) is 12.6 Å². The summed E-state index contributed by atoms with van der Waals surface area (Å²) >= 11 is 0. The molecule has 2 saturated heterocycles. The Morgan fingerprint density at radius 2 is 1.83 bits per heavy atom. The third-order valence-electron chi connectivity index (χ3n) is 6.10. The standard InChI is InChI=1S/C20H30N2O2/c1-14-6-8-22(9-7-14)12-19-20(23)18(13-24-19)21-17-10-15-4-2-3-5-16(15)11-17/h2-5,14,17-21,23H,6-13H2,1H3/t18-,19-,20+/m0/s1. The van der Waals surface area contributed by atoms with Gasteiger partial charge in [0, 0.05) is 12.6 Å². The van der Waals surface area contributed by atoms with Crippen LogP contribution in [0.3, 0.4) is 0 Å². The highest BCUT2D eigenvalue weighted by atomic mass is 16.5. The molecule has 4 rings (SSSR count). The third kappa shape index (κ3) is 3.52. The molecule has 0 bridgehead atoms. The number of nitrogens with zero attached hydrogens (tertiary/aromatic N) is 1. The summed E-state index contributed by atoms with van der Waals surface area (Å²) in [5, 5.41) is 14.3. The molecule has 0 unspecified atom stereocenters. The smallest absolute Gasteiger partial charge is 0.0989 e. The number of aliphatic hydroxyl groups is 1. The molecule has 24 heavy (non-hydrogen) atoms. The highest BCUT2D eigenvalue weighted by Gasteiger charge is 2.38. The first kappa shape index (κ1) is 16.5. The molecule has 2 N–H and O–H groups in total. The molecule has 3 atom stereocenters. The highest BCUT2D eigenvalue weighted by molar-refractivity contribution is 5.33. The van der Waals surface area contributed by atoms with Crippen LogP contribution >= 0.6 is 0 Å². The van der Waals surface area contributed by atoms with E-state index in [1.165, 1.54) is 24.0 Å². The van der Waals surface area contributed by atoms with Crippen molar-refractivity contribution in [2.45, 2.75) is 56.9 Å². The highest BCUT2D eigenvalue weighted by Crippen LogP contribution is 2.25. The fourth-order valence-electron chi connectivity index (χ4n) is 4.47. The van der Waals surface area contributed by atoms with Gasteiger partial charge in [0.25, 0.3) is 0 Å². The molecule has 0 amide bonds. The van der Waals surface area contributed by atoms with Crippen molar-refractivity contribution in [1.29, 1.82) is 0 Å². The van der Waals surface area contributed by atoms with Crippen LogP contribution in [0.4, 0.5) is 0 Å². The molecule has 132 valence electrons. The Labute approximate surface area is 145 Å². The van der Waals surface area contributed by atoms with E-state index in [0.717, 1.165) is 38.4 Å². The lowest BCUT2D eigenvalue weighted by Gasteiger charge is -2.32. The Morgan fingerprint density at radius 3 is 2.50 bits per heavy atom. The maximum absolute atomic E-state index is 10.7. The van der Waals surface area contributed by atoms with Gasteiger partial charge in [-0.05, 0) is 55.8 Å². The molecule has 0 saturated carbocycles. The van der Waals surface area contributed by atoms with Crippen molar-refractivity contribution < 1.29 is 9.84 Å². The summed E-state index contributed by atoms with van der Waals surface area (Å²) in [4.78, 5) is 2.46. The number of piperidine rings is 1. The zero-order valence-electron chi connectivity index (χ0n) is 14.7. The minimum Gasteiger partial charge on any atom is -0.389 e. The number of fused-ring (bicyclic) bond motifs is 1. The van der Waals surface area contributed by atoms with Crippen LogP contribution in [-0.4, -0.2) is 60.5 Å². The van der Waals surface area contributed by atoms with E-state index < -0.39 is 6.10 Å². The van der Waals surface area contributed by atoms with Crippen LogP contribution in [-0.2, 0) is 17.6 Å². The van der Waals surface area contributed by atoms with Crippen LogP contribution in [0.25, 0.3) is 0 Å². The Hall–Kier alpha value is -0.940. The second-order valence-corrected chi connectivity index (χ2v) is 7.99. The van der Waals surface area contributed by atoms with Gasteiger partial charge in [-0.25, -0.2) is 0 Å². The fraction of sp³-hybridized carbons (Fsp3) is 0.700. The number of aliphatic hydroxyl groups excluding tert-OH is 1. The summed E-state index contributed by atoms with van der Waals surface area (Å²) in [6, 6.07) is 9.17. The van der Waals surface area contributed by atoms with E-state index in [4.69, 9.17) is 4.74 Å². The molecular formula is C20H30N2O2. The first-order valence-corrected chi connectivity index (χ1v) is 9.54. The van der Waals surface area contributed by atoms with Crippen LogP contribution in [0.5, 0.6) is 0 Å². The average molecular weight is 330 g/mol. The van der Waals surface area contributed by atoms with Crippen LogP contribution < -0.4 is 5.32 Å². The molecule has 2 aliphatic heterocycles. The molecule has 4 heteroatoms. The zero-order valence-corrected chi connectivity index (χ0v) is 14.7. The number of ether oxygens (including phenoxy) is 1. The molecule has 2 heterocycles. The molecule has 1 aromatic carbocycles. The Bertz CT molecular complexity index is 531. The number of likely N-dealkylation sites (tertiary alicyclic amines) is 1. The normalized spacial score (nSPS) is 32.3. The van der Waals surface area contributed by atoms with Gasteiger partial charge in [-0.15, -0.1) is 0 Å². The molecule has 0 aromatic heterocycles. The Kier molecular flexibility index (Phi) is 4.90. The number of benzene rings is 1. The van der Waals surface area contributed by atoms with Crippen LogP contribution in [0.15, 0.2) is 24.3 Å². The third-order valence-corrected chi connectivity index (χ3v) is 6.10. The lowest BCUT2D eigenvalue weighted by Crippen LogP contribution is -2.49. The van der Waals surface area contributed by atoms with Gasteiger partial charge in [-0.2, -0.15) is 0 Å². The van der Waals surface area contributed by atoms with Crippen LogP contribution in [0.2, 0.25) is 0 Å². The summed E-state index contributed by atoms with van der Waals surface area (Å²) in [6.45, 7) is 6.12. The summed E-state index contributed by atoms with van der Waals surface area (Å²) in [7, 11) is 0. The van der Waals surface area contributed by atoms with Gasteiger partial charge in [-0.3, -0.25) is 0 Å². The summed E-state index contributed by atoms with van der Waals surface area (Å²) in [6.07, 6.45) is 4.23. The molecule has 2 fully saturated rings. The van der Waals surface area contributed by atoms with Gasteiger partial charge in [0.05, 0.1) is 24.9 Å². The maximum Gasteiger partial charge on any atom is 0.0989 e. The van der Waals surface area contributed by atoms with Crippen molar-refractivity contribution in [1.82, 2.24) is 10.2 Å². The molecule has 4 nitrogen and oxygen atoms in total. The van der Waals surface area contributed by atoms with Crippen molar-refractivity contribution in [3.8, 4) is 0 Å². The Morgan fingerprint density at radius 1 is 1.17 bits per heavy atom. The van der Waals surface area contributed by atoms with E-state index in [1.54, 1.807) is 0 Å². The topological polar surface area (TPSA) is 44.7 Å². The maximum atomic E-state index is 10.7. The predicted octanol–water partition coefficient (Wildman–Crippen LogP) is 1.60. The molecular weight excluding hydrogens is 300 g/mol. The van der Waals surface area contributed by atoms with E-state index in [-0.39, 0.29) is 12.1 Å². The van der Waals surface area contributed by atoms with E-state index in [1.807, 2.05) is 0 Å². The van der Waals surface area contributed by atoms with Gasteiger partial charge in [0.15, 0.2) is 0 Å². The van der Waals surface area contributed by atoms with Gasteiger partial charge in [0.1, 0.15) is 0 Å². The first-order valence-electron chi connectivity index (χ1n) is 9.54. The summed E-state index contributed by atoms with van der Waals surface area (Å²) in [5.74, 6) is 0.842. The zero-order chi connectivity index (χ0) is 16.5. The van der Waals surface area contributed by atoms with Crippen LogP contribution in [0.1, 0.15) is 30.9 Å². The van der Waals surface area contributed by atoms with Crippen molar-refractivity contribution in [2.75, 3.05) is 26.2 Å². The van der Waals surface area contributed by atoms with Crippen molar-refractivity contribution >= 4 is 0 Å². The van der Waals surface area contributed by atoms with Crippen molar-refractivity contribution in [2.24, 2.45) is 5.92 Å². The number of hydrogen-bond donors (Lipinski definition) is 2. The number of rotatable bonds is 4. The SMILES string of the molecule is CC1CCN(C[C@@H]2OC[C@H](NC3Cc4ccccc4C3)[C@H]2O)CC1. The van der Waals surface area contributed by atoms with E-state index in [9.17, 15) is 5.11 Å². The van der Waals surface area contributed by atoms with Gasteiger partial charge < -0.3 is 20.1 Å². The minimum absolute atomic E-state index is 0.0420. The predicted molar refractivity (Wildman–Crippen MR) is 95.1 cm³/mol. The fourth-order valence-corrected chi connectivity index (χ4v) is 4.47. The molecule has 1 aromatic rings. The van der Waals surface area contributed by atoms with E-state index >= 15 is 0 Å². The van der Waals surface area contributed by atoms with E-state index in [2.05, 4.69) is 41.4 Å². The second kappa shape index (κ2) is 7.12. The largest absolute Gasteiger partial charge is 0.389 e. The summed E-state index contributed by atoms with van der Waals surface area (Å²) < 4.78 is 5.94. The molecule has 1 aliphatic carbocycles. The van der Waals surface area contributed by atoms with Crippen LogP contribution in [0, 0.1) is 5.92 Å². The average Bonchev–Trinajstić information content (AvgIpc) is 3.15. The number of nitrogens with one attached hydrogen (secondary N) is 1. The lowest BCUT2D eigenvalue weighted by molar-refractivity contribution is 0.00843. The van der Waals surface area contributed by atoms with Gasteiger partial charge >= 0.3 is 0 Å². The van der Waals surface area contributed by atoms with Gasteiger partial charge in [0.2, 0.25) is 0 Å². The molecule has 3 aliphatic rings. The molecule has 0 radical (unpaired) electrons. The van der Waals surface area contributed by atoms with Crippen molar-refractivity contribution in [3.05, 3.63) is 35.4 Å². The Balaban J connectivity index is 1.28. The minimum atomic E-state index is -0.395. The first-order chi connectivity index (χ1) is 11.7.